The number of aromatic nitrogens is 2. The number of anilines is 2. The fourth-order valence-corrected chi connectivity index (χ4v) is 5.46. The first kappa shape index (κ1) is 27.6. The van der Waals surface area contributed by atoms with Crippen LogP contribution in [0.3, 0.4) is 0 Å². The van der Waals surface area contributed by atoms with Crippen LogP contribution in [0, 0.1) is 17.8 Å². The van der Waals surface area contributed by atoms with E-state index in [9.17, 15) is 18.0 Å². The van der Waals surface area contributed by atoms with Crippen molar-refractivity contribution in [2.24, 2.45) is 17.8 Å². The van der Waals surface area contributed by atoms with E-state index in [-0.39, 0.29) is 24.2 Å². The zero-order valence-electron chi connectivity index (χ0n) is 22.3. The standard InChI is InChI=1S/C28H34F3N3O4/c1-16(2)21-11-6-17(3)12-23(21)34-24-15-25(36-4)18(14-26(35)37-5)13-22(24)33-27(34)32-19-7-9-20(10-8-19)38-28(29,30)31/h7-10,13,15-17,21,23H,6,11-12,14H2,1-5H3,(H,32,33)/t17-,21+,23-/m1/s1. The van der Waals surface area contributed by atoms with Crippen LogP contribution in [0.25, 0.3) is 11.0 Å². The Morgan fingerprint density at radius 3 is 2.47 bits per heavy atom. The molecule has 7 nitrogen and oxygen atoms in total. The van der Waals surface area contributed by atoms with Gasteiger partial charge < -0.3 is 24.1 Å². The van der Waals surface area contributed by atoms with E-state index < -0.39 is 6.36 Å². The van der Waals surface area contributed by atoms with Gasteiger partial charge in [-0.15, -0.1) is 13.2 Å². The van der Waals surface area contributed by atoms with E-state index in [1.54, 1.807) is 7.11 Å². The molecule has 206 valence electrons. The number of hydrogen-bond donors (Lipinski definition) is 1. The Morgan fingerprint density at radius 2 is 1.87 bits per heavy atom. The minimum Gasteiger partial charge on any atom is -0.496 e. The van der Waals surface area contributed by atoms with Crippen molar-refractivity contribution in [2.75, 3.05) is 19.5 Å². The van der Waals surface area contributed by atoms with Gasteiger partial charge in [0.25, 0.3) is 0 Å². The quantitative estimate of drug-likeness (QED) is 0.313. The van der Waals surface area contributed by atoms with Gasteiger partial charge in [0.05, 0.1) is 31.7 Å². The van der Waals surface area contributed by atoms with E-state index >= 15 is 0 Å². The number of esters is 1. The number of ether oxygens (including phenoxy) is 3. The third-order valence-corrected chi connectivity index (χ3v) is 7.32. The molecule has 38 heavy (non-hydrogen) atoms. The van der Waals surface area contributed by atoms with E-state index in [0.29, 0.717) is 46.2 Å². The lowest BCUT2D eigenvalue weighted by atomic mass is 9.74. The molecule has 0 aliphatic heterocycles. The zero-order chi connectivity index (χ0) is 27.6. The summed E-state index contributed by atoms with van der Waals surface area (Å²) in [6, 6.07) is 9.47. The Morgan fingerprint density at radius 1 is 1.16 bits per heavy atom. The molecule has 0 spiro atoms. The van der Waals surface area contributed by atoms with Crippen LogP contribution in [0.1, 0.15) is 51.6 Å². The normalized spacial score (nSPS) is 20.0. The second-order valence-corrected chi connectivity index (χ2v) is 10.3. The van der Waals surface area contributed by atoms with Gasteiger partial charge in [-0.05, 0) is 60.9 Å². The van der Waals surface area contributed by atoms with Gasteiger partial charge in [-0.3, -0.25) is 4.79 Å². The number of rotatable bonds is 8. The number of halogens is 3. The maximum Gasteiger partial charge on any atom is 0.573 e. The summed E-state index contributed by atoms with van der Waals surface area (Å²) in [5, 5.41) is 3.32. The lowest BCUT2D eigenvalue weighted by Crippen LogP contribution is -2.30. The van der Waals surface area contributed by atoms with Crippen molar-refractivity contribution in [2.45, 2.75) is 58.9 Å². The Labute approximate surface area is 220 Å². The first-order chi connectivity index (χ1) is 18.0. The average molecular weight is 534 g/mol. The zero-order valence-corrected chi connectivity index (χ0v) is 22.3. The van der Waals surface area contributed by atoms with Crippen LogP contribution in [0.5, 0.6) is 11.5 Å². The fourth-order valence-electron chi connectivity index (χ4n) is 5.46. The van der Waals surface area contributed by atoms with Crippen LogP contribution in [0.15, 0.2) is 36.4 Å². The molecule has 1 fully saturated rings. The molecule has 3 atom stereocenters. The largest absolute Gasteiger partial charge is 0.573 e. The van der Waals surface area contributed by atoms with Gasteiger partial charge in [-0.25, -0.2) is 4.98 Å². The topological polar surface area (TPSA) is 74.6 Å². The van der Waals surface area contributed by atoms with Crippen molar-refractivity contribution >= 4 is 28.6 Å². The van der Waals surface area contributed by atoms with Crippen molar-refractivity contribution in [1.29, 1.82) is 0 Å². The van der Waals surface area contributed by atoms with Gasteiger partial charge in [0.2, 0.25) is 5.95 Å². The van der Waals surface area contributed by atoms with E-state index in [4.69, 9.17) is 14.5 Å². The Bertz CT molecular complexity index is 1270. The van der Waals surface area contributed by atoms with Crippen LogP contribution in [-0.4, -0.2) is 36.1 Å². The van der Waals surface area contributed by atoms with Gasteiger partial charge in [0.1, 0.15) is 11.5 Å². The summed E-state index contributed by atoms with van der Waals surface area (Å²) in [7, 11) is 2.90. The molecule has 1 aliphatic rings. The molecule has 1 saturated carbocycles. The number of fused-ring (bicyclic) bond motifs is 1. The van der Waals surface area contributed by atoms with Crippen LogP contribution < -0.4 is 14.8 Å². The van der Waals surface area contributed by atoms with E-state index in [0.717, 1.165) is 24.8 Å². The Hall–Kier alpha value is -3.43. The summed E-state index contributed by atoms with van der Waals surface area (Å²) in [5.74, 6) is 1.84. The lowest BCUT2D eigenvalue weighted by Gasteiger charge is -2.39. The van der Waals surface area contributed by atoms with Gasteiger partial charge in [-0.2, -0.15) is 0 Å². The molecular formula is C28H34F3N3O4. The van der Waals surface area contributed by atoms with Gasteiger partial charge in [-0.1, -0.05) is 27.2 Å². The molecule has 0 radical (unpaired) electrons. The number of nitrogens with zero attached hydrogens (tertiary/aromatic N) is 2. The summed E-state index contributed by atoms with van der Waals surface area (Å²) in [4.78, 5) is 16.9. The maximum atomic E-state index is 12.6. The minimum absolute atomic E-state index is 0.0426. The highest BCUT2D eigenvalue weighted by molar-refractivity contribution is 5.85. The SMILES string of the molecule is COC(=O)Cc1cc2nc(Nc3ccc(OC(F)(F)F)cc3)n([C@@H]3C[C@H](C)CC[C@H]3C(C)C)c2cc1OC. The summed E-state index contributed by atoms with van der Waals surface area (Å²) in [6.45, 7) is 6.72. The van der Waals surface area contributed by atoms with Crippen molar-refractivity contribution < 1.29 is 32.2 Å². The van der Waals surface area contributed by atoms with Gasteiger partial charge in [0.15, 0.2) is 0 Å². The molecule has 1 aromatic heterocycles. The predicted octanol–water partition coefficient (Wildman–Crippen LogP) is 7.04. The minimum atomic E-state index is -4.76. The summed E-state index contributed by atoms with van der Waals surface area (Å²) < 4.78 is 54.5. The predicted molar refractivity (Wildman–Crippen MR) is 139 cm³/mol. The van der Waals surface area contributed by atoms with Gasteiger partial charge >= 0.3 is 12.3 Å². The van der Waals surface area contributed by atoms with Crippen LogP contribution in [0.4, 0.5) is 24.8 Å². The third kappa shape index (κ3) is 6.16. The average Bonchev–Trinajstić information content (AvgIpc) is 3.19. The van der Waals surface area contributed by atoms with Crippen molar-refractivity contribution in [3.8, 4) is 11.5 Å². The van der Waals surface area contributed by atoms with Crippen molar-refractivity contribution in [3.05, 3.63) is 42.0 Å². The number of alkyl halides is 3. The summed E-state index contributed by atoms with van der Waals surface area (Å²) in [6.07, 6.45) is -1.51. The molecule has 0 amide bonds. The number of nitrogens with one attached hydrogen (secondary N) is 1. The smallest absolute Gasteiger partial charge is 0.496 e. The van der Waals surface area contributed by atoms with Crippen molar-refractivity contribution in [3.63, 3.8) is 0 Å². The van der Waals surface area contributed by atoms with Gasteiger partial charge in [0, 0.05) is 23.4 Å². The summed E-state index contributed by atoms with van der Waals surface area (Å²) in [5.41, 5.74) is 2.78. The van der Waals surface area contributed by atoms with E-state index in [1.807, 2.05) is 12.1 Å². The maximum absolute atomic E-state index is 12.6. The number of hydrogen-bond acceptors (Lipinski definition) is 6. The van der Waals surface area contributed by atoms with Crippen LogP contribution in [0.2, 0.25) is 0 Å². The molecule has 0 unspecified atom stereocenters. The Balaban J connectivity index is 1.81. The number of imidazole rings is 1. The molecule has 4 rings (SSSR count). The lowest BCUT2D eigenvalue weighted by molar-refractivity contribution is -0.274. The highest BCUT2D eigenvalue weighted by Gasteiger charge is 2.35. The number of carbonyl (C=O) groups is 1. The molecule has 0 saturated heterocycles. The number of methoxy groups -OCH3 is 2. The molecular weight excluding hydrogens is 499 g/mol. The molecule has 0 bridgehead atoms. The molecule has 3 aromatic rings. The molecule has 10 heteroatoms. The molecule has 1 heterocycles. The van der Waals surface area contributed by atoms with Crippen LogP contribution in [-0.2, 0) is 16.0 Å². The summed E-state index contributed by atoms with van der Waals surface area (Å²) >= 11 is 0. The van der Waals surface area contributed by atoms with Crippen molar-refractivity contribution in [1.82, 2.24) is 9.55 Å². The highest BCUT2D eigenvalue weighted by Crippen LogP contribution is 2.45. The second kappa shape index (κ2) is 11.1. The first-order valence-corrected chi connectivity index (χ1v) is 12.8. The molecule has 2 aromatic carbocycles. The Kier molecular flexibility index (Phi) is 8.08. The number of carbonyl (C=O) groups excluding carboxylic acids is 1. The fraction of sp³-hybridized carbons (Fsp3) is 0.500. The van der Waals surface area contributed by atoms with E-state index in [1.165, 1.54) is 31.4 Å². The molecule has 1 aliphatic carbocycles. The number of benzene rings is 2. The monoisotopic (exact) mass is 533 g/mol. The van der Waals surface area contributed by atoms with Crippen LogP contribution >= 0.6 is 0 Å². The highest BCUT2D eigenvalue weighted by atomic mass is 19.4. The molecule has 1 N–H and O–H groups in total. The second-order valence-electron chi connectivity index (χ2n) is 10.3. The first-order valence-electron chi connectivity index (χ1n) is 12.8. The third-order valence-electron chi connectivity index (χ3n) is 7.32. The van der Waals surface area contributed by atoms with E-state index in [2.05, 4.69) is 35.4 Å².